The largest absolute Gasteiger partial charge is 0.508 e. The Bertz CT molecular complexity index is 581. The highest BCUT2D eigenvalue weighted by Gasteiger charge is 2.13. The third-order valence-corrected chi connectivity index (χ3v) is 2.90. The Balaban J connectivity index is 2.52. The minimum atomic E-state index is -0.147. The standard InChI is InChI=1S/C13H16N2O3/c1-2-12-11(7-8-16)13(18)15(14-12)9-3-5-10(17)6-4-9/h3-6,14,16-17H,2,7-8H2,1H3. The van der Waals surface area contributed by atoms with Gasteiger partial charge in [0, 0.05) is 24.3 Å². The van der Waals surface area contributed by atoms with Crippen LogP contribution in [0.25, 0.3) is 5.69 Å². The number of H-pyrrole nitrogens is 1. The molecule has 0 atom stereocenters. The Morgan fingerprint density at radius 3 is 2.50 bits per heavy atom. The molecule has 0 aliphatic rings. The molecule has 0 spiro atoms. The zero-order valence-corrected chi connectivity index (χ0v) is 10.2. The molecule has 1 aromatic carbocycles. The monoisotopic (exact) mass is 248 g/mol. The summed E-state index contributed by atoms with van der Waals surface area (Å²) in [6, 6.07) is 6.38. The molecule has 96 valence electrons. The molecule has 0 saturated carbocycles. The molecule has 0 amide bonds. The Kier molecular flexibility index (Phi) is 3.53. The van der Waals surface area contributed by atoms with Crippen LogP contribution in [0.2, 0.25) is 0 Å². The van der Waals surface area contributed by atoms with E-state index in [0.717, 1.165) is 5.69 Å². The second-order valence-corrected chi connectivity index (χ2v) is 4.05. The van der Waals surface area contributed by atoms with Crippen molar-refractivity contribution in [2.24, 2.45) is 0 Å². The van der Waals surface area contributed by atoms with E-state index in [1.807, 2.05) is 6.92 Å². The number of nitrogens with one attached hydrogen (secondary N) is 1. The lowest BCUT2D eigenvalue weighted by Crippen LogP contribution is -2.17. The molecule has 2 aromatic rings. The molecule has 5 nitrogen and oxygen atoms in total. The Morgan fingerprint density at radius 1 is 1.28 bits per heavy atom. The third kappa shape index (κ3) is 2.17. The first-order valence-electron chi connectivity index (χ1n) is 5.90. The van der Waals surface area contributed by atoms with Crippen molar-refractivity contribution in [1.82, 2.24) is 9.78 Å². The second-order valence-electron chi connectivity index (χ2n) is 4.05. The number of benzene rings is 1. The summed E-state index contributed by atoms with van der Waals surface area (Å²) >= 11 is 0. The summed E-state index contributed by atoms with van der Waals surface area (Å²) in [5.41, 5.74) is 1.97. The molecule has 18 heavy (non-hydrogen) atoms. The molecule has 1 heterocycles. The van der Waals surface area contributed by atoms with E-state index in [4.69, 9.17) is 5.11 Å². The number of phenols is 1. The SMILES string of the molecule is CCc1[nH]n(-c2ccc(O)cc2)c(=O)c1CCO. The fourth-order valence-corrected chi connectivity index (χ4v) is 1.96. The highest BCUT2D eigenvalue weighted by molar-refractivity contribution is 5.37. The highest BCUT2D eigenvalue weighted by atomic mass is 16.3. The first-order valence-corrected chi connectivity index (χ1v) is 5.90. The van der Waals surface area contributed by atoms with Crippen molar-refractivity contribution in [2.45, 2.75) is 19.8 Å². The van der Waals surface area contributed by atoms with Crippen LogP contribution in [0, 0.1) is 0 Å². The number of aromatic nitrogens is 2. The Morgan fingerprint density at radius 2 is 1.94 bits per heavy atom. The number of phenolic OH excluding ortho intramolecular Hbond substituents is 1. The fraction of sp³-hybridized carbons (Fsp3) is 0.308. The molecule has 5 heteroatoms. The minimum Gasteiger partial charge on any atom is -0.508 e. The number of nitrogens with zero attached hydrogens (tertiary/aromatic N) is 1. The van der Waals surface area contributed by atoms with Gasteiger partial charge in [-0.05, 0) is 30.7 Å². The summed E-state index contributed by atoms with van der Waals surface area (Å²) in [5, 5.41) is 21.2. The summed E-state index contributed by atoms with van der Waals surface area (Å²) in [4.78, 5) is 12.2. The van der Waals surface area contributed by atoms with Gasteiger partial charge in [-0.2, -0.15) is 0 Å². The van der Waals surface area contributed by atoms with Gasteiger partial charge in [-0.3, -0.25) is 9.89 Å². The number of hydrogen-bond acceptors (Lipinski definition) is 3. The molecule has 2 rings (SSSR count). The van der Waals surface area contributed by atoms with Gasteiger partial charge in [-0.15, -0.1) is 0 Å². The van der Waals surface area contributed by atoms with Crippen LogP contribution in [0.4, 0.5) is 0 Å². The van der Waals surface area contributed by atoms with Crippen LogP contribution < -0.4 is 5.56 Å². The van der Waals surface area contributed by atoms with E-state index in [2.05, 4.69) is 5.10 Å². The molecular weight excluding hydrogens is 232 g/mol. The molecule has 0 aliphatic carbocycles. The summed E-state index contributed by atoms with van der Waals surface area (Å²) in [6.45, 7) is 1.91. The van der Waals surface area contributed by atoms with Crippen molar-refractivity contribution >= 4 is 0 Å². The summed E-state index contributed by atoms with van der Waals surface area (Å²) in [6.07, 6.45) is 1.05. The fourth-order valence-electron chi connectivity index (χ4n) is 1.96. The van der Waals surface area contributed by atoms with E-state index in [9.17, 15) is 9.90 Å². The van der Waals surface area contributed by atoms with Crippen LogP contribution >= 0.6 is 0 Å². The maximum Gasteiger partial charge on any atom is 0.274 e. The van der Waals surface area contributed by atoms with Gasteiger partial charge in [-0.25, -0.2) is 4.68 Å². The molecular formula is C13H16N2O3. The van der Waals surface area contributed by atoms with Gasteiger partial charge in [0.25, 0.3) is 5.56 Å². The van der Waals surface area contributed by atoms with Gasteiger partial charge < -0.3 is 10.2 Å². The van der Waals surface area contributed by atoms with E-state index in [1.165, 1.54) is 16.8 Å². The summed E-state index contributed by atoms with van der Waals surface area (Å²) in [5.74, 6) is 0.157. The Labute approximate surface area is 104 Å². The van der Waals surface area contributed by atoms with Gasteiger partial charge in [-0.1, -0.05) is 6.92 Å². The van der Waals surface area contributed by atoms with E-state index in [0.29, 0.717) is 24.1 Å². The molecule has 3 N–H and O–H groups in total. The smallest absolute Gasteiger partial charge is 0.274 e. The van der Waals surface area contributed by atoms with Crippen LogP contribution in [0.3, 0.4) is 0 Å². The van der Waals surface area contributed by atoms with Crippen molar-refractivity contribution in [3.8, 4) is 11.4 Å². The van der Waals surface area contributed by atoms with Crippen LogP contribution in [-0.2, 0) is 12.8 Å². The molecule has 0 fully saturated rings. The maximum atomic E-state index is 12.2. The highest BCUT2D eigenvalue weighted by Crippen LogP contribution is 2.13. The lowest BCUT2D eigenvalue weighted by Gasteiger charge is -2.01. The van der Waals surface area contributed by atoms with E-state index < -0.39 is 0 Å². The number of aryl methyl sites for hydroxylation is 1. The molecule has 0 radical (unpaired) electrons. The zero-order chi connectivity index (χ0) is 13.1. The number of aromatic hydroxyl groups is 1. The quantitative estimate of drug-likeness (QED) is 0.754. The Hall–Kier alpha value is -2.01. The van der Waals surface area contributed by atoms with Crippen molar-refractivity contribution in [2.75, 3.05) is 6.61 Å². The van der Waals surface area contributed by atoms with E-state index >= 15 is 0 Å². The van der Waals surface area contributed by atoms with Gasteiger partial charge in [0.15, 0.2) is 0 Å². The lowest BCUT2D eigenvalue weighted by atomic mass is 10.1. The number of aliphatic hydroxyl groups is 1. The van der Waals surface area contributed by atoms with Crippen molar-refractivity contribution in [3.63, 3.8) is 0 Å². The average molecular weight is 248 g/mol. The molecule has 0 aliphatic heterocycles. The number of aliphatic hydroxyl groups excluding tert-OH is 1. The molecule has 0 bridgehead atoms. The maximum absolute atomic E-state index is 12.2. The zero-order valence-electron chi connectivity index (χ0n) is 10.2. The van der Waals surface area contributed by atoms with Gasteiger partial charge in [0.05, 0.1) is 5.69 Å². The van der Waals surface area contributed by atoms with Crippen LogP contribution in [0.15, 0.2) is 29.1 Å². The van der Waals surface area contributed by atoms with Crippen LogP contribution in [0.5, 0.6) is 5.75 Å². The summed E-state index contributed by atoms with van der Waals surface area (Å²) < 4.78 is 1.43. The molecule has 0 unspecified atom stereocenters. The van der Waals surface area contributed by atoms with Gasteiger partial charge in [0.1, 0.15) is 5.75 Å². The van der Waals surface area contributed by atoms with E-state index in [1.54, 1.807) is 12.1 Å². The topological polar surface area (TPSA) is 78.2 Å². The van der Waals surface area contributed by atoms with Crippen LogP contribution in [0.1, 0.15) is 18.2 Å². The molecule has 1 aromatic heterocycles. The summed E-state index contributed by atoms with van der Waals surface area (Å²) in [7, 11) is 0. The van der Waals surface area contributed by atoms with Crippen molar-refractivity contribution in [3.05, 3.63) is 45.9 Å². The first-order chi connectivity index (χ1) is 8.67. The third-order valence-electron chi connectivity index (χ3n) is 2.90. The van der Waals surface area contributed by atoms with E-state index in [-0.39, 0.29) is 17.9 Å². The second kappa shape index (κ2) is 5.10. The normalized spacial score (nSPS) is 10.8. The number of aromatic amines is 1. The van der Waals surface area contributed by atoms with Gasteiger partial charge >= 0.3 is 0 Å². The number of rotatable bonds is 4. The van der Waals surface area contributed by atoms with Gasteiger partial charge in [0.2, 0.25) is 0 Å². The van der Waals surface area contributed by atoms with Crippen molar-refractivity contribution < 1.29 is 10.2 Å². The lowest BCUT2D eigenvalue weighted by molar-refractivity contribution is 0.299. The predicted octanol–water partition coefficient (Wildman–Crippen LogP) is 0.968. The van der Waals surface area contributed by atoms with Crippen LogP contribution in [-0.4, -0.2) is 26.6 Å². The first kappa shape index (κ1) is 12.4. The minimum absolute atomic E-state index is 0.0460. The number of hydrogen-bond donors (Lipinski definition) is 3. The predicted molar refractivity (Wildman–Crippen MR) is 68.2 cm³/mol. The molecule has 0 saturated heterocycles. The average Bonchev–Trinajstić information content (AvgIpc) is 2.69. The van der Waals surface area contributed by atoms with Crippen molar-refractivity contribution in [1.29, 1.82) is 0 Å².